The van der Waals surface area contributed by atoms with Gasteiger partial charge in [0.25, 0.3) is 0 Å². The van der Waals surface area contributed by atoms with Gasteiger partial charge in [0.15, 0.2) is 0 Å². The molecule has 1 aliphatic rings. The maximum atomic E-state index is 11.0. The maximum Gasteiger partial charge on any atom is 0.0919 e. The number of aliphatic hydroxyl groups excluding tert-OH is 1. The van der Waals surface area contributed by atoms with Crippen molar-refractivity contribution in [3.8, 4) is 0 Å². The van der Waals surface area contributed by atoms with Gasteiger partial charge < -0.3 is 19.7 Å². The zero-order valence-electron chi connectivity index (χ0n) is 11.2. The minimum absolute atomic E-state index is 0.493. The zero-order valence-corrected chi connectivity index (χ0v) is 11.2. The second-order valence-corrected chi connectivity index (χ2v) is 5.73. The number of carboxylic acid groups (broad SMARTS) is 1. The molecule has 4 heteroatoms. The minimum Gasteiger partial charge on any atom is -0.550 e. The third-order valence-electron chi connectivity index (χ3n) is 3.82. The van der Waals surface area contributed by atoms with Crippen LogP contribution in [0.15, 0.2) is 0 Å². The summed E-state index contributed by atoms with van der Waals surface area (Å²) < 4.78 is 5.88. The first-order valence-electron chi connectivity index (χ1n) is 6.32. The van der Waals surface area contributed by atoms with Crippen LogP contribution in [0.4, 0.5) is 0 Å². The predicted molar refractivity (Wildman–Crippen MR) is 62.2 cm³/mol. The summed E-state index contributed by atoms with van der Waals surface area (Å²) in [7, 11) is 0. The number of carboxylic acids is 1. The number of carbonyl (C=O) groups is 1. The van der Waals surface area contributed by atoms with Gasteiger partial charge in [0.2, 0.25) is 0 Å². The van der Waals surface area contributed by atoms with Gasteiger partial charge in [0.05, 0.1) is 17.3 Å². The quantitative estimate of drug-likeness (QED) is 0.795. The van der Waals surface area contributed by atoms with Crippen LogP contribution < -0.4 is 5.11 Å². The van der Waals surface area contributed by atoms with E-state index in [2.05, 4.69) is 0 Å². The smallest absolute Gasteiger partial charge is 0.0919 e. The Hall–Kier alpha value is -0.610. The van der Waals surface area contributed by atoms with E-state index in [-0.39, 0.29) is 0 Å². The van der Waals surface area contributed by atoms with E-state index >= 15 is 0 Å². The van der Waals surface area contributed by atoms with E-state index in [1.54, 1.807) is 13.8 Å². The van der Waals surface area contributed by atoms with Crippen LogP contribution in [0.5, 0.6) is 0 Å². The van der Waals surface area contributed by atoms with Crippen LogP contribution in [0.25, 0.3) is 0 Å². The lowest BCUT2D eigenvalue weighted by Gasteiger charge is -2.50. The van der Waals surface area contributed by atoms with Gasteiger partial charge in [-0.25, -0.2) is 0 Å². The van der Waals surface area contributed by atoms with E-state index < -0.39 is 29.2 Å². The summed E-state index contributed by atoms with van der Waals surface area (Å²) >= 11 is 0. The number of aliphatic carboxylic acids is 1. The largest absolute Gasteiger partial charge is 0.550 e. The van der Waals surface area contributed by atoms with Crippen molar-refractivity contribution in [1.29, 1.82) is 0 Å². The van der Waals surface area contributed by atoms with Crippen LogP contribution in [0, 0.1) is 5.92 Å². The van der Waals surface area contributed by atoms with Crippen LogP contribution >= 0.6 is 0 Å². The molecule has 0 saturated carbocycles. The summed E-state index contributed by atoms with van der Waals surface area (Å²) in [5, 5.41) is 21.1. The van der Waals surface area contributed by atoms with Gasteiger partial charge in [-0.05, 0) is 40.0 Å². The molecule has 0 spiro atoms. The Morgan fingerprint density at radius 2 is 2.12 bits per heavy atom. The lowest BCUT2D eigenvalue weighted by molar-refractivity contribution is -0.327. The van der Waals surface area contributed by atoms with Crippen molar-refractivity contribution < 1.29 is 19.7 Å². The number of carbonyl (C=O) groups excluding carboxylic acids is 1. The number of aliphatic hydroxyl groups is 1. The Bertz CT molecular complexity index is 287. The molecule has 1 N–H and O–H groups in total. The highest BCUT2D eigenvalue weighted by atomic mass is 16.5. The van der Waals surface area contributed by atoms with E-state index in [1.165, 1.54) is 0 Å². The molecule has 1 aliphatic heterocycles. The maximum absolute atomic E-state index is 11.0. The van der Waals surface area contributed by atoms with Gasteiger partial charge in [0.1, 0.15) is 0 Å². The van der Waals surface area contributed by atoms with Gasteiger partial charge in [-0.2, -0.15) is 0 Å². The van der Waals surface area contributed by atoms with Crippen molar-refractivity contribution in [2.24, 2.45) is 5.92 Å². The molecular formula is C13H23O4-. The summed E-state index contributed by atoms with van der Waals surface area (Å²) in [6, 6.07) is 0. The molecule has 100 valence electrons. The SMILES string of the molecule is CCC[C@H](O)[C@]1(C)CC[C@H](C(=O)[O-])C(C)(C)O1. The first kappa shape index (κ1) is 14.5. The van der Waals surface area contributed by atoms with Gasteiger partial charge in [-0.1, -0.05) is 13.3 Å². The van der Waals surface area contributed by atoms with Crippen molar-refractivity contribution in [1.82, 2.24) is 0 Å². The second kappa shape index (κ2) is 4.94. The Kier molecular flexibility index (Phi) is 4.20. The van der Waals surface area contributed by atoms with Crippen molar-refractivity contribution in [3.05, 3.63) is 0 Å². The van der Waals surface area contributed by atoms with Gasteiger partial charge in [-0.15, -0.1) is 0 Å². The molecule has 0 aliphatic carbocycles. The average Bonchev–Trinajstić information content (AvgIpc) is 2.15. The lowest BCUT2D eigenvalue weighted by Crippen LogP contribution is -2.58. The Morgan fingerprint density at radius 3 is 2.53 bits per heavy atom. The highest BCUT2D eigenvalue weighted by Gasteiger charge is 2.47. The van der Waals surface area contributed by atoms with E-state index in [1.807, 2.05) is 13.8 Å². The summed E-state index contributed by atoms with van der Waals surface area (Å²) in [6.45, 7) is 7.37. The van der Waals surface area contributed by atoms with Crippen LogP contribution in [-0.4, -0.2) is 28.4 Å². The third-order valence-corrected chi connectivity index (χ3v) is 3.82. The molecule has 4 nitrogen and oxygen atoms in total. The molecule has 1 heterocycles. The molecular weight excluding hydrogens is 220 g/mol. The van der Waals surface area contributed by atoms with Crippen LogP contribution in [0.3, 0.4) is 0 Å². The van der Waals surface area contributed by atoms with Crippen molar-refractivity contribution in [2.45, 2.75) is 70.7 Å². The number of hydrogen-bond acceptors (Lipinski definition) is 4. The summed E-state index contributed by atoms with van der Waals surface area (Å²) in [6.07, 6.45) is 2.05. The second-order valence-electron chi connectivity index (χ2n) is 5.73. The van der Waals surface area contributed by atoms with E-state index in [9.17, 15) is 15.0 Å². The van der Waals surface area contributed by atoms with E-state index in [4.69, 9.17) is 4.74 Å². The van der Waals surface area contributed by atoms with Crippen LogP contribution in [-0.2, 0) is 9.53 Å². The Labute approximate surface area is 103 Å². The molecule has 0 radical (unpaired) electrons. The highest BCUT2D eigenvalue weighted by Crippen LogP contribution is 2.41. The van der Waals surface area contributed by atoms with Crippen molar-refractivity contribution >= 4 is 5.97 Å². The Balaban J connectivity index is 2.81. The standard InChI is InChI=1S/C13H24O4/c1-5-6-10(14)13(4)8-7-9(11(15)16)12(2,3)17-13/h9-10,14H,5-8H2,1-4H3,(H,15,16)/p-1/t9-,10+,13+/m1/s1. The van der Waals surface area contributed by atoms with Crippen LogP contribution in [0.2, 0.25) is 0 Å². The molecule has 1 rings (SSSR count). The molecule has 0 unspecified atom stereocenters. The van der Waals surface area contributed by atoms with Gasteiger partial charge in [-0.3, -0.25) is 0 Å². The Morgan fingerprint density at radius 1 is 1.53 bits per heavy atom. The first-order chi connectivity index (χ1) is 7.73. The first-order valence-corrected chi connectivity index (χ1v) is 6.32. The van der Waals surface area contributed by atoms with Crippen molar-refractivity contribution in [2.75, 3.05) is 0 Å². The van der Waals surface area contributed by atoms with E-state index in [0.29, 0.717) is 19.3 Å². The van der Waals surface area contributed by atoms with Gasteiger partial charge in [0, 0.05) is 11.9 Å². The third kappa shape index (κ3) is 2.99. The summed E-state index contributed by atoms with van der Waals surface area (Å²) in [5.41, 5.74) is -1.44. The molecule has 0 aromatic heterocycles. The molecule has 0 bridgehead atoms. The lowest BCUT2D eigenvalue weighted by atomic mass is 9.76. The molecule has 3 atom stereocenters. The fraction of sp³-hybridized carbons (Fsp3) is 0.923. The normalized spacial score (nSPS) is 34.3. The number of ether oxygens (including phenoxy) is 1. The monoisotopic (exact) mass is 243 g/mol. The highest BCUT2D eigenvalue weighted by molar-refractivity contribution is 5.69. The van der Waals surface area contributed by atoms with Crippen molar-refractivity contribution in [3.63, 3.8) is 0 Å². The van der Waals surface area contributed by atoms with E-state index in [0.717, 1.165) is 6.42 Å². The number of hydrogen-bond donors (Lipinski definition) is 1. The molecule has 0 amide bonds. The van der Waals surface area contributed by atoms with Gasteiger partial charge >= 0.3 is 0 Å². The molecule has 1 fully saturated rings. The fourth-order valence-electron chi connectivity index (χ4n) is 2.72. The molecule has 1 saturated heterocycles. The zero-order chi connectivity index (χ0) is 13.3. The molecule has 0 aromatic carbocycles. The summed E-state index contributed by atoms with van der Waals surface area (Å²) in [5.74, 6) is -1.67. The fourth-order valence-corrected chi connectivity index (χ4v) is 2.72. The average molecular weight is 243 g/mol. The summed E-state index contributed by atoms with van der Waals surface area (Å²) in [4.78, 5) is 11.0. The molecule has 17 heavy (non-hydrogen) atoms. The predicted octanol–water partition coefficient (Wildman–Crippen LogP) is 0.861. The van der Waals surface area contributed by atoms with Crippen LogP contribution in [0.1, 0.15) is 53.4 Å². The topological polar surface area (TPSA) is 69.6 Å². The minimum atomic E-state index is -1.07. The number of rotatable bonds is 4. The molecule has 0 aromatic rings.